The number of ether oxygens (including phenoxy) is 1. The number of esters is 1. The number of carbonyl (C=O) groups excluding carboxylic acids is 1. The molecule has 0 bridgehead atoms. The van der Waals surface area contributed by atoms with E-state index < -0.39 is 0 Å². The number of carbonyl (C=O) groups is 1. The second kappa shape index (κ2) is 4.69. The van der Waals surface area contributed by atoms with Gasteiger partial charge in [-0.15, -0.1) is 0 Å². The zero-order chi connectivity index (χ0) is 10.6. The molecule has 0 aliphatic carbocycles. The normalized spacial score (nSPS) is 9.93. The van der Waals surface area contributed by atoms with E-state index in [0.717, 1.165) is 12.1 Å². The first-order chi connectivity index (χ1) is 6.65. The van der Waals surface area contributed by atoms with Crippen molar-refractivity contribution in [1.29, 1.82) is 0 Å². The maximum absolute atomic E-state index is 11.5. The van der Waals surface area contributed by atoms with Gasteiger partial charge in [0.2, 0.25) is 0 Å². The van der Waals surface area contributed by atoms with E-state index in [1.165, 1.54) is 0 Å². The van der Waals surface area contributed by atoms with Crippen LogP contribution in [0.3, 0.4) is 0 Å². The Morgan fingerprint density at radius 3 is 2.79 bits per heavy atom. The average molecular weight is 194 g/mol. The third-order valence-corrected chi connectivity index (χ3v) is 1.76. The van der Waals surface area contributed by atoms with Crippen molar-refractivity contribution in [3.05, 3.63) is 23.0 Å². The van der Waals surface area contributed by atoms with E-state index >= 15 is 0 Å². The monoisotopic (exact) mass is 194 g/mol. The summed E-state index contributed by atoms with van der Waals surface area (Å²) >= 11 is 0. The van der Waals surface area contributed by atoms with Crippen molar-refractivity contribution in [3.63, 3.8) is 0 Å². The number of hydrogen-bond donors (Lipinski definition) is 0. The zero-order valence-electron chi connectivity index (χ0n) is 8.70. The molecule has 0 saturated carbocycles. The molecule has 1 heterocycles. The molecule has 4 heteroatoms. The lowest BCUT2D eigenvalue weighted by molar-refractivity contribution is 0.0503. The summed E-state index contributed by atoms with van der Waals surface area (Å²) in [5.41, 5.74) is 1.83. The third kappa shape index (κ3) is 2.52. The molecule has 0 unspecified atom stereocenters. The minimum absolute atomic E-state index is 0.317. The van der Waals surface area contributed by atoms with Gasteiger partial charge in [-0.2, -0.15) is 10.2 Å². The Kier molecular flexibility index (Phi) is 3.56. The van der Waals surface area contributed by atoms with Crippen LogP contribution in [0.2, 0.25) is 0 Å². The summed E-state index contributed by atoms with van der Waals surface area (Å²) in [7, 11) is 0. The molecule has 14 heavy (non-hydrogen) atoms. The van der Waals surface area contributed by atoms with Crippen LogP contribution in [-0.2, 0) is 4.74 Å². The van der Waals surface area contributed by atoms with Gasteiger partial charge in [-0.25, -0.2) is 4.79 Å². The molecule has 1 aromatic rings. The Hall–Kier alpha value is -1.45. The van der Waals surface area contributed by atoms with Crippen LogP contribution in [0.5, 0.6) is 0 Å². The number of aryl methyl sites for hydroxylation is 2. The minimum atomic E-state index is -0.317. The summed E-state index contributed by atoms with van der Waals surface area (Å²) in [6, 6.07) is 1.69. The van der Waals surface area contributed by atoms with E-state index in [0.29, 0.717) is 17.9 Å². The lowest BCUT2D eigenvalue weighted by atomic mass is 10.2. The van der Waals surface area contributed by atoms with Crippen molar-refractivity contribution in [2.75, 3.05) is 6.61 Å². The first-order valence-electron chi connectivity index (χ1n) is 4.63. The molecule has 0 atom stereocenters. The Balaban J connectivity index is 2.83. The van der Waals surface area contributed by atoms with Crippen LogP contribution >= 0.6 is 0 Å². The van der Waals surface area contributed by atoms with Crippen LogP contribution in [0.4, 0.5) is 0 Å². The van der Waals surface area contributed by atoms with Gasteiger partial charge in [-0.05, 0) is 26.3 Å². The van der Waals surface area contributed by atoms with Crippen LogP contribution in [0, 0.1) is 13.8 Å². The highest BCUT2D eigenvalue weighted by atomic mass is 16.5. The predicted octanol–water partition coefficient (Wildman–Crippen LogP) is 1.66. The van der Waals surface area contributed by atoms with Crippen molar-refractivity contribution in [1.82, 2.24) is 10.2 Å². The maximum atomic E-state index is 11.5. The lowest BCUT2D eigenvalue weighted by Gasteiger charge is -2.05. The van der Waals surface area contributed by atoms with E-state index in [2.05, 4.69) is 10.2 Å². The highest BCUT2D eigenvalue weighted by Gasteiger charge is 2.11. The van der Waals surface area contributed by atoms with Gasteiger partial charge >= 0.3 is 5.97 Å². The summed E-state index contributed by atoms with van der Waals surface area (Å²) in [6.07, 6.45) is 0.822. The SMILES string of the molecule is CCCOC(=O)c1cc(C)nnc1C. The molecule has 76 valence electrons. The fourth-order valence-corrected chi connectivity index (χ4v) is 1.03. The topological polar surface area (TPSA) is 52.1 Å². The third-order valence-electron chi connectivity index (χ3n) is 1.76. The minimum Gasteiger partial charge on any atom is -0.462 e. The van der Waals surface area contributed by atoms with Crippen LogP contribution in [-0.4, -0.2) is 22.8 Å². The fraction of sp³-hybridized carbons (Fsp3) is 0.500. The average Bonchev–Trinajstić information content (AvgIpc) is 2.18. The van der Waals surface area contributed by atoms with Gasteiger partial charge in [-0.3, -0.25) is 0 Å². The van der Waals surface area contributed by atoms with Crippen LogP contribution in [0.15, 0.2) is 6.07 Å². The van der Waals surface area contributed by atoms with Crippen molar-refractivity contribution < 1.29 is 9.53 Å². The molecule has 0 radical (unpaired) electrons. The van der Waals surface area contributed by atoms with Gasteiger partial charge in [0.05, 0.1) is 23.6 Å². The Morgan fingerprint density at radius 1 is 1.43 bits per heavy atom. The van der Waals surface area contributed by atoms with Crippen LogP contribution < -0.4 is 0 Å². The van der Waals surface area contributed by atoms with Gasteiger partial charge in [0.1, 0.15) is 0 Å². The highest BCUT2D eigenvalue weighted by molar-refractivity contribution is 5.90. The first kappa shape index (κ1) is 10.6. The summed E-state index contributed by atoms with van der Waals surface area (Å²) < 4.78 is 5.01. The molecule has 0 amide bonds. The van der Waals surface area contributed by atoms with Gasteiger partial charge in [0.25, 0.3) is 0 Å². The largest absolute Gasteiger partial charge is 0.462 e. The zero-order valence-corrected chi connectivity index (χ0v) is 8.70. The Morgan fingerprint density at radius 2 is 2.14 bits per heavy atom. The van der Waals surface area contributed by atoms with Gasteiger partial charge in [0, 0.05) is 0 Å². The molecule has 1 rings (SSSR count). The van der Waals surface area contributed by atoms with Gasteiger partial charge < -0.3 is 4.74 Å². The number of rotatable bonds is 3. The smallest absolute Gasteiger partial charge is 0.340 e. The summed E-state index contributed by atoms with van der Waals surface area (Å²) in [5, 5.41) is 7.70. The Bertz CT molecular complexity index is 337. The van der Waals surface area contributed by atoms with Crippen molar-refractivity contribution in [3.8, 4) is 0 Å². The maximum Gasteiger partial charge on any atom is 0.340 e. The van der Waals surface area contributed by atoms with E-state index in [9.17, 15) is 4.79 Å². The van der Waals surface area contributed by atoms with Gasteiger partial charge in [0.15, 0.2) is 0 Å². The fourth-order valence-electron chi connectivity index (χ4n) is 1.03. The Labute approximate surface area is 83.3 Å². The molecular weight excluding hydrogens is 180 g/mol. The first-order valence-corrected chi connectivity index (χ1v) is 4.63. The quantitative estimate of drug-likeness (QED) is 0.687. The molecule has 4 nitrogen and oxygen atoms in total. The summed E-state index contributed by atoms with van der Waals surface area (Å²) in [6.45, 7) is 5.94. The lowest BCUT2D eigenvalue weighted by Crippen LogP contribution is -2.10. The van der Waals surface area contributed by atoms with E-state index in [1.54, 1.807) is 19.9 Å². The summed E-state index contributed by atoms with van der Waals surface area (Å²) in [4.78, 5) is 11.5. The standard InChI is InChI=1S/C10H14N2O2/c1-4-5-14-10(13)9-6-7(2)11-12-8(9)3/h6H,4-5H2,1-3H3. The molecule has 0 aliphatic rings. The van der Waals surface area contributed by atoms with E-state index in [1.807, 2.05) is 6.92 Å². The number of nitrogens with zero attached hydrogens (tertiary/aromatic N) is 2. The molecule has 0 N–H and O–H groups in total. The molecule has 0 fully saturated rings. The molecular formula is C10H14N2O2. The second-order valence-corrected chi connectivity index (χ2v) is 3.12. The molecule has 0 aliphatic heterocycles. The van der Waals surface area contributed by atoms with E-state index in [-0.39, 0.29) is 5.97 Å². The second-order valence-electron chi connectivity index (χ2n) is 3.12. The van der Waals surface area contributed by atoms with Crippen LogP contribution in [0.1, 0.15) is 35.1 Å². The predicted molar refractivity (Wildman–Crippen MR) is 52.1 cm³/mol. The highest BCUT2D eigenvalue weighted by Crippen LogP contribution is 2.07. The number of hydrogen-bond acceptors (Lipinski definition) is 4. The van der Waals surface area contributed by atoms with Gasteiger partial charge in [-0.1, -0.05) is 6.92 Å². The molecule has 0 saturated heterocycles. The summed E-state index contributed by atoms with van der Waals surface area (Å²) in [5.74, 6) is -0.317. The van der Waals surface area contributed by atoms with Crippen molar-refractivity contribution in [2.45, 2.75) is 27.2 Å². The number of aromatic nitrogens is 2. The van der Waals surface area contributed by atoms with Crippen LogP contribution in [0.25, 0.3) is 0 Å². The van der Waals surface area contributed by atoms with E-state index in [4.69, 9.17) is 4.74 Å². The molecule has 0 aromatic carbocycles. The molecule has 0 spiro atoms. The molecule has 1 aromatic heterocycles. The van der Waals surface area contributed by atoms with Crippen molar-refractivity contribution in [2.24, 2.45) is 0 Å². The van der Waals surface area contributed by atoms with Crippen molar-refractivity contribution >= 4 is 5.97 Å².